The third-order valence-corrected chi connectivity index (χ3v) is 5.15. The van der Waals surface area contributed by atoms with E-state index < -0.39 is 15.4 Å². The van der Waals surface area contributed by atoms with Crippen LogP contribution in [0.4, 0.5) is 0 Å². The van der Waals surface area contributed by atoms with Crippen molar-refractivity contribution in [2.24, 2.45) is 5.73 Å². The van der Waals surface area contributed by atoms with E-state index >= 15 is 0 Å². The Morgan fingerprint density at radius 3 is 2.67 bits per heavy atom. The zero-order valence-corrected chi connectivity index (χ0v) is 12.9. The lowest BCUT2D eigenvalue weighted by molar-refractivity contribution is 0.229. The first-order chi connectivity index (χ1) is 9.79. The summed E-state index contributed by atoms with van der Waals surface area (Å²) in [5, 5.41) is 4.24. The van der Waals surface area contributed by atoms with Gasteiger partial charge >= 0.3 is 0 Å². The maximum absolute atomic E-state index is 11.6. The molecule has 3 rings (SSSR count). The van der Waals surface area contributed by atoms with Crippen molar-refractivity contribution in [3.8, 4) is 11.5 Å². The molecular formula is C13H14ClN3O3S. The van der Waals surface area contributed by atoms with Crippen molar-refractivity contribution in [3.05, 3.63) is 29.0 Å². The topological polar surface area (TPSA) is 99.1 Å². The zero-order chi connectivity index (χ0) is 15.3. The molecule has 1 fully saturated rings. The molecule has 2 N–H and O–H groups in total. The van der Waals surface area contributed by atoms with Crippen LogP contribution in [0.25, 0.3) is 11.5 Å². The Balaban J connectivity index is 2.04. The van der Waals surface area contributed by atoms with E-state index in [4.69, 9.17) is 21.9 Å². The second-order valence-electron chi connectivity index (χ2n) is 5.35. The fourth-order valence-electron chi connectivity index (χ4n) is 2.22. The fourth-order valence-corrected chi connectivity index (χ4v) is 3.06. The molecule has 0 atom stereocenters. The zero-order valence-electron chi connectivity index (χ0n) is 11.3. The van der Waals surface area contributed by atoms with Gasteiger partial charge in [-0.3, -0.25) is 0 Å². The van der Waals surface area contributed by atoms with Gasteiger partial charge < -0.3 is 10.3 Å². The van der Waals surface area contributed by atoms with E-state index in [1.165, 1.54) is 18.2 Å². The highest BCUT2D eigenvalue weighted by Gasteiger charge is 2.39. The molecule has 0 radical (unpaired) electrons. The van der Waals surface area contributed by atoms with E-state index in [0.717, 1.165) is 25.5 Å². The molecule has 2 aromatic rings. The average Bonchev–Trinajstić information content (AvgIpc) is 2.84. The molecule has 0 saturated heterocycles. The molecule has 0 aliphatic heterocycles. The van der Waals surface area contributed by atoms with E-state index in [2.05, 4.69) is 10.1 Å². The first-order valence-electron chi connectivity index (χ1n) is 6.43. The summed E-state index contributed by atoms with van der Waals surface area (Å²) in [7, 11) is -3.34. The molecule has 6 nitrogen and oxygen atoms in total. The number of aromatic nitrogens is 2. The first-order valence-corrected chi connectivity index (χ1v) is 8.70. The number of nitrogens with zero attached hydrogens (tertiary/aromatic N) is 2. The number of hydrogen-bond acceptors (Lipinski definition) is 6. The maximum atomic E-state index is 11.6. The van der Waals surface area contributed by atoms with Gasteiger partial charge in [0.05, 0.1) is 21.0 Å². The van der Waals surface area contributed by atoms with Crippen molar-refractivity contribution >= 4 is 21.4 Å². The number of halogens is 1. The second kappa shape index (κ2) is 4.79. The van der Waals surface area contributed by atoms with Gasteiger partial charge in [-0.15, -0.1) is 0 Å². The number of sulfone groups is 1. The summed E-state index contributed by atoms with van der Waals surface area (Å²) in [4.78, 5) is 4.42. The summed E-state index contributed by atoms with van der Waals surface area (Å²) < 4.78 is 28.4. The van der Waals surface area contributed by atoms with Crippen LogP contribution in [0.3, 0.4) is 0 Å². The lowest BCUT2D eigenvalue weighted by atomic mass is 9.77. The molecule has 0 amide bonds. The quantitative estimate of drug-likeness (QED) is 0.927. The van der Waals surface area contributed by atoms with E-state index in [-0.39, 0.29) is 10.8 Å². The van der Waals surface area contributed by atoms with Crippen LogP contribution in [0.15, 0.2) is 27.6 Å². The van der Waals surface area contributed by atoms with Crippen molar-refractivity contribution in [2.45, 2.75) is 29.7 Å². The lowest BCUT2D eigenvalue weighted by Crippen LogP contribution is -2.44. The van der Waals surface area contributed by atoms with Crippen LogP contribution in [-0.2, 0) is 15.4 Å². The van der Waals surface area contributed by atoms with Gasteiger partial charge in [-0.2, -0.15) is 4.98 Å². The SMILES string of the molecule is CS(=O)(=O)c1ccc(Cl)c(-c2nc(C3(N)CCC3)no2)c1. The minimum atomic E-state index is -3.34. The third kappa shape index (κ3) is 2.56. The Bertz CT molecular complexity index is 797. The number of hydrogen-bond donors (Lipinski definition) is 1. The van der Waals surface area contributed by atoms with E-state index in [1.54, 1.807) is 0 Å². The van der Waals surface area contributed by atoms with Gasteiger partial charge in [0.25, 0.3) is 5.89 Å². The highest BCUT2D eigenvalue weighted by molar-refractivity contribution is 7.90. The van der Waals surface area contributed by atoms with Crippen molar-refractivity contribution in [2.75, 3.05) is 6.26 Å². The summed E-state index contributed by atoms with van der Waals surface area (Å²) in [5.74, 6) is 0.613. The smallest absolute Gasteiger partial charge is 0.259 e. The Labute approximate surface area is 127 Å². The lowest BCUT2D eigenvalue weighted by Gasteiger charge is -2.34. The molecule has 21 heavy (non-hydrogen) atoms. The summed E-state index contributed by atoms with van der Waals surface area (Å²) >= 11 is 6.10. The summed E-state index contributed by atoms with van der Waals surface area (Å²) in [6.45, 7) is 0. The van der Waals surface area contributed by atoms with Crippen molar-refractivity contribution in [3.63, 3.8) is 0 Å². The first kappa shape index (κ1) is 14.5. The predicted molar refractivity (Wildman–Crippen MR) is 77.6 cm³/mol. The average molecular weight is 328 g/mol. The summed E-state index contributed by atoms with van der Waals surface area (Å²) in [6, 6.07) is 4.37. The van der Waals surface area contributed by atoms with Gasteiger partial charge in [0, 0.05) is 6.26 Å². The Kier molecular flexibility index (Phi) is 3.31. The molecule has 1 aliphatic rings. The highest BCUT2D eigenvalue weighted by Crippen LogP contribution is 2.38. The van der Waals surface area contributed by atoms with Gasteiger partial charge in [0.2, 0.25) is 0 Å². The minimum Gasteiger partial charge on any atom is -0.334 e. The van der Waals surface area contributed by atoms with Crippen LogP contribution in [0.2, 0.25) is 5.02 Å². The van der Waals surface area contributed by atoms with Crippen LogP contribution < -0.4 is 5.73 Å². The standard InChI is InChI=1S/C13H14ClN3O3S/c1-21(18,19)8-3-4-10(14)9(7-8)11-16-12(17-20-11)13(15)5-2-6-13/h3-4,7H,2,5-6,15H2,1H3. The van der Waals surface area contributed by atoms with Gasteiger partial charge in [-0.05, 0) is 37.5 Å². The van der Waals surface area contributed by atoms with Crippen LogP contribution in [-0.4, -0.2) is 24.8 Å². The molecule has 1 aliphatic carbocycles. The Hall–Kier alpha value is -1.44. The minimum absolute atomic E-state index is 0.146. The third-order valence-electron chi connectivity index (χ3n) is 3.71. The van der Waals surface area contributed by atoms with Crippen LogP contribution in [0, 0.1) is 0 Å². The van der Waals surface area contributed by atoms with Gasteiger partial charge in [-0.1, -0.05) is 16.8 Å². The maximum Gasteiger partial charge on any atom is 0.259 e. The van der Waals surface area contributed by atoms with Crippen molar-refractivity contribution in [1.29, 1.82) is 0 Å². The monoisotopic (exact) mass is 327 g/mol. The van der Waals surface area contributed by atoms with Gasteiger partial charge in [-0.25, -0.2) is 8.42 Å². The molecule has 0 unspecified atom stereocenters. The molecular weight excluding hydrogens is 314 g/mol. The van der Waals surface area contributed by atoms with Gasteiger partial charge in [0.1, 0.15) is 0 Å². The summed E-state index contributed by atoms with van der Waals surface area (Å²) in [6.07, 6.45) is 3.78. The second-order valence-corrected chi connectivity index (χ2v) is 7.77. The van der Waals surface area contributed by atoms with E-state index in [1.807, 2.05) is 0 Å². The predicted octanol–water partition coefficient (Wildman–Crippen LogP) is 2.13. The molecule has 1 aromatic heterocycles. The van der Waals surface area contributed by atoms with Crippen LogP contribution in [0.5, 0.6) is 0 Å². The molecule has 1 aromatic carbocycles. The molecule has 1 saturated carbocycles. The van der Waals surface area contributed by atoms with E-state index in [0.29, 0.717) is 16.4 Å². The van der Waals surface area contributed by atoms with Crippen LogP contribution >= 0.6 is 11.6 Å². The largest absolute Gasteiger partial charge is 0.334 e. The van der Waals surface area contributed by atoms with Crippen molar-refractivity contribution < 1.29 is 12.9 Å². The fraction of sp³-hybridized carbons (Fsp3) is 0.385. The van der Waals surface area contributed by atoms with Crippen LogP contribution in [0.1, 0.15) is 25.1 Å². The number of rotatable bonds is 3. The summed E-state index contributed by atoms with van der Waals surface area (Å²) in [5.41, 5.74) is 5.99. The number of nitrogens with two attached hydrogens (primary N) is 1. The molecule has 1 heterocycles. The molecule has 0 bridgehead atoms. The normalized spacial score (nSPS) is 17.5. The van der Waals surface area contributed by atoms with Gasteiger partial charge in [0.15, 0.2) is 15.7 Å². The highest BCUT2D eigenvalue weighted by atomic mass is 35.5. The van der Waals surface area contributed by atoms with E-state index in [9.17, 15) is 8.42 Å². The molecule has 8 heteroatoms. The van der Waals surface area contributed by atoms with Crippen molar-refractivity contribution in [1.82, 2.24) is 10.1 Å². The number of benzene rings is 1. The Morgan fingerprint density at radius 2 is 2.10 bits per heavy atom. The molecule has 0 spiro atoms. The molecule has 112 valence electrons. The Morgan fingerprint density at radius 1 is 1.38 bits per heavy atom.